The fraction of sp³-hybridized carbons (Fsp3) is 0.158. The Bertz CT molecular complexity index is 937. The van der Waals surface area contributed by atoms with Crippen molar-refractivity contribution in [3.8, 4) is 5.75 Å². The van der Waals surface area contributed by atoms with Crippen LogP contribution in [0.25, 0.3) is 0 Å². The number of hydrogen-bond donors (Lipinski definition) is 2. The third-order valence-corrected chi connectivity index (χ3v) is 3.73. The molecule has 7 heteroatoms. The summed E-state index contributed by atoms with van der Waals surface area (Å²) >= 11 is 0. The van der Waals surface area contributed by atoms with E-state index in [1.807, 2.05) is 30.3 Å². The van der Waals surface area contributed by atoms with Crippen LogP contribution in [0.5, 0.6) is 5.75 Å². The topological polar surface area (TPSA) is 97.0 Å². The Labute approximate surface area is 150 Å². The standard InChI is InChI=1S/C19H18N4O3/c1-26-15-6-4-13(5-7-15)9-17-22-16(10-18(24)23-17)19(25)21-12-14-3-2-8-20-11-14/h2-8,10-11H,9,12H2,1H3,(H,21,25)(H,22,23,24). The molecule has 2 heterocycles. The molecular formula is C19H18N4O3. The van der Waals surface area contributed by atoms with E-state index in [-0.39, 0.29) is 11.3 Å². The van der Waals surface area contributed by atoms with Crippen molar-refractivity contribution in [3.05, 3.63) is 87.9 Å². The number of aromatic amines is 1. The molecule has 0 saturated heterocycles. The van der Waals surface area contributed by atoms with Gasteiger partial charge in [-0.1, -0.05) is 18.2 Å². The van der Waals surface area contributed by atoms with Gasteiger partial charge < -0.3 is 15.0 Å². The van der Waals surface area contributed by atoms with Crippen molar-refractivity contribution >= 4 is 5.91 Å². The second-order valence-electron chi connectivity index (χ2n) is 5.65. The maximum Gasteiger partial charge on any atom is 0.270 e. The first-order valence-corrected chi connectivity index (χ1v) is 8.04. The van der Waals surface area contributed by atoms with Crippen molar-refractivity contribution in [2.45, 2.75) is 13.0 Å². The molecule has 2 aromatic heterocycles. The molecule has 132 valence electrons. The Hall–Kier alpha value is -3.48. The second-order valence-corrected chi connectivity index (χ2v) is 5.65. The van der Waals surface area contributed by atoms with E-state index in [1.54, 1.807) is 25.6 Å². The van der Waals surface area contributed by atoms with Crippen molar-refractivity contribution in [3.63, 3.8) is 0 Å². The molecular weight excluding hydrogens is 332 g/mol. The van der Waals surface area contributed by atoms with Crippen LogP contribution in [0.2, 0.25) is 0 Å². The number of H-pyrrole nitrogens is 1. The van der Waals surface area contributed by atoms with E-state index in [2.05, 4.69) is 20.3 Å². The lowest BCUT2D eigenvalue weighted by Gasteiger charge is -2.07. The Morgan fingerprint density at radius 1 is 1.19 bits per heavy atom. The predicted molar refractivity (Wildman–Crippen MR) is 96.1 cm³/mol. The number of carbonyl (C=O) groups excluding carboxylic acids is 1. The molecule has 0 unspecified atom stereocenters. The van der Waals surface area contributed by atoms with Crippen LogP contribution in [0.15, 0.2) is 59.7 Å². The molecule has 1 aromatic carbocycles. The van der Waals surface area contributed by atoms with Crippen LogP contribution in [0, 0.1) is 0 Å². The van der Waals surface area contributed by atoms with E-state index in [1.165, 1.54) is 6.07 Å². The van der Waals surface area contributed by atoms with E-state index in [0.29, 0.717) is 18.8 Å². The Morgan fingerprint density at radius 2 is 2.00 bits per heavy atom. The first kappa shape index (κ1) is 17.3. The molecule has 0 aliphatic rings. The summed E-state index contributed by atoms with van der Waals surface area (Å²) < 4.78 is 5.12. The Kier molecular flexibility index (Phi) is 5.38. The maximum absolute atomic E-state index is 12.3. The van der Waals surface area contributed by atoms with Crippen LogP contribution in [0.1, 0.15) is 27.4 Å². The molecule has 0 saturated carbocycles. The van der Waals surface area contributed by atoms with Gasteiger partial charge in [-0.05, 0) is 29.3 Å². The number of pyridine rings is 1. The predicted octanol–water partition coefficient (Wildman–Crippen LogP) is 1.69. The van der Waals surface area contributed by atoms with Gasteiger partial charge in [-0.2, -0.15) is 0 Å². The molecule has 0 bridgehead atoms. The summed E-state index contributed by atoms with van der Waals surface area (Å²) in [6, 6.07) is 12.3. The molecule has 3 aromatic rings. The van der Waals surface area contributed by atoms with Crippen LogP contribution >= 0.6 is 0 Å². The van der Waals surface area contributed by atoms with E-state index < -0.39 is 5.91 Å². The number of aromatic nitrogens is 3. The molecule has 3 rings (SSSR count). The summed E-state index contributed by atoms with van der Waals surface area (Å²) in [4.78, 5) is 35.1. The van der Waals surface area contributed by atoms with Gasteiger partial charge in [-0.15, -0.1) is 0 Å². The lowest BCUT2D eigenvalue weighted by Crippen LogP contribution is -2.26. The number of rotatable bonds is 6. The van der Waals surface area contributed by atoms with Crippen LogP contribution < -0.4 is 15.6 Å². The molecule has 0 fully saturated rings. The van der Waals surface area contributed by atoms with Crippen molar-refractivity contribution < 1.29 is 9.53 Å². The van der Waals surface area contributed by atoms with E-state index in [4.69, 9.17) is 4.74 Å². The van der Waals surface area contributed by atoms with Gasteiger partial charge >= 0.3 is 0 Å². The first-order valence-electron chi connectivity index (χ1n) is 8.04. The number of methoxy groups -OCH3 is 1. The highest BCUT2D eigenvalue weighted by atomic mass is 16.5. The quantitative estimate of drug-likeness (QED) is 0.705. The monoisotopic (exact) mass is 350 g/mol. The van der Waals surface area contributed by atoms with Gasteiger partial charge in [0, 0.05) is 31.4 Å². The molecule has 2 N–H and O–H groups in total. The van der Waals surface area contributed by atoms with E-state index in [0.717, 1.165) is 16.9 Å². The molecule has 0 spiro atoms. The van der Waals surface area contributed by atoms with Crippen LogP contribution in [0.3, 0.4) is 0 Å². The fourth-order valence-electron chi connectivity index (χ4n) is 2.42. The van der Waals surface area contributed by atoms with Crippen LogP contribution in [0.4, 0.5) is 0 Å². The van der Waals surface area contributed by atoms with Gasteiger partial charge in [-0.25, -0.2) is 4.98 Å². The number of hydrogen-bond acceptors (Lipinski definition) is 5. The zero-order valence-corrected chi connectivity index (χ0v) is 14.2. The summed E-state index contributed by atoms with van der Waals surface area (Å²) in [6.07, 6.45) is 3.73. The minimum atomic E-state index is -0.407. The van der Waals surface area contributed by atoms with Gasteiger partial charge in [0.25, 0.3) is 11.5 Å². The highest BCUT2D eigenvalue weighted by Gasteiger charge is 2.11. The zero-order valence-electron chi connectivity index (χ0n) is 14.2. The third kappa shape index (κ3) is 4.54. The summed E-state index contributed by atoms with van der Waals surface area (Å²) in [7, 11) is 1.60. The molecule has 0 atom stereocenters. The van der Waals surface area contributed by atoms with Crippen molar-refractivity contribution in [2.75, 3.05) is 7.11 Å². The van der Waals surface area contributed by atoms with Crippen LogP contribution in [-0.2, 0) is 13.0 Å². The van der Waals surface area contributed by atoms with Gasteiger partial charge in [0.15, 0.2) is 0 Å². The molecule has 0 aliphatic carbocycles. The summed E-state index contributed by atoms with van der Waals surface area (Å²) in [5, 5.41) is 2.74. The van der Waals surface area contributed by atoms with E-state index >= 15 is 0 Å². The molecule has 0 radical (unpaired) electrons. The Balaban J connectivity index is 1.72. The largest absolute Gasteiger partial charge is 0.497 e. The normalized spacial score (nSPS) is 10.3. The summed E-state index contributed by atoms with van der Waals surface area (Å²) in [5.74, 6) is 0.767. The smallest absolute Gasteiger partial charge is 0.270 e. The van der Waals surface area contributed by atoms with Crippen LogP contribution in [-0.4, -0.2) is 28.0 Å². The number of nitrogens with one attached hydrogen (secondary N) is 2. The first-order chi connectivity index (χ1) is 12.6. The fourth-order valence-corrected chi connectivity index (χ4v) is 2.42. The highest BCUT2D eigenvalue weighted by molar-refractivity contribution is 5.92. The molecule has 7 nitrogen and oxygen atoms in total. The SMILES string of the molecule is COc1ccc(Cc2nc(C(=O)NCc3cccnc3)cc(=O)[nH]2)cc1. The van der Waals surface area contributed by atoms with Gasteiger partial charge in [0.05, 0.1) is 7.11 Å². The number of carbonyl (C=O) groups is 1. The maximum atomic E-state index is 12.3. The van der Waals surface area contributed by atoms with Gasteiger partial charge in [-0.3, -0.25) is 14.6 Å². The molecule has 26 heavy (non-hydrogen) atoms. The highest BCUT2D eigenvalue weighted by Crippen LogP contribution is 2.13. The molecule has 1 amide bonds. The lowest BCUT2D eigenvalue weighted by molar-refractivity contribution is 0.0945. The third-order valence-electron chi connectivity index (χ3n) is 3.73. The summed E-state index contributed by atoms with van der Waals surface area (Å²) in [5.41, 5.74) is 1.53. The average Bonchev–Trinajstić information content (AvgIpc) is 2.67. The average molecular weight is 350 g/mol. The number of ether oxygens (including phenoxy) is 1. The Morgan fingerprint density at radius 3 is 2.69 bits per heavy atom. The minimum Gasteiger partial charge on any atom is -0.497 e. The van der Waals surface area contributed by atoms with E-state index in [9.17, 15) is 9.59 Å². The van der Waals surface area contributed by atoms with Crippen molar-refractivity contribution in [2.24, 2.45) is 0 Å². The van der Waals surface area contributed by atoms with Gasteiger partial charge in [0.1, 0.15) is 17.3 Å². The minimum absolute atomic E-state index is 0.0844. The number of amides is 1. The molecule has 0 aliphatic heterocycles. The second kappa shape index (κ2) is 8.06. The number of nitrogens with zero attached hydrogens (tertiary/aromatic N) is 2. The zero-order chi connectivity index (χ0) is 18.4. The van der Waals surface area contributed by atoms with Crippen molar-refractivity contribution in [1.82, 2.24) is 20.3 Å². The summed E-state index contributed by atoms with van der Waals surface area (Å²) in [6.45, 7) is 0.314. The van der Waals surface area contributed by atoms with Gasteiger partial charge in [0.2, 0.25) is 0 Å². The number of benzene rings is 1. The van der Waals surface area contributed by atoms with Crippen molar-refractivity contribution in [1.29, 1.82) is 0 Å². The lowest BCUT2D eigenvalue weighted by atomic mass is 10.1.